The number of carbonyl (C=O) groups is 1. The lowest BCUT2D eigenvalue weighted by molar-refractivity contribution is 0.0962. The van der Waals surface area contributed by atoms with Crippen LogP contribution in [0.3, 0.4) is 0 Å². The molecule has 27 heavy (non-hydrogen) atoms. The number of rotatable bonds is 4. The SMILES string of the molecule is CCCN(C(=O)c1cc2cc3ccc(C)cc3nc2o1)c1ccc(F)cc1. The van der Waals surface area contributed by atoms with E-state index in [2.05, 4.69) is 4.98 Å². The molecule has 2 heterocycles. The zero-order chi connectivity index (χ0) is 19.0. The van der Waals surface area contributed by atoms with Gasteiger partial charge in [0, 0.05) is 23.0 Å². The molecule has 4 nitrogen and oxygen atoms in total. The first-order chi connectivity index (χ1) is 13.0. The second-order valence-corrected chi connectivity index (χ2v) is 6.62. The zero-order valence-corrected chi connectivity index (χ0v) is 15.2. The van der Waals surface area contributed by atoms with Gasteiger partial charge in [-0.3, -0.25) is 4.79 Å². The highest BCUT2D eigenvalue weighted by atomic mass is 19.1. The summed E-state index contributed by atoms with van der Waals surface area (Å²) in [7, 11) is 0. The van der Waals surface area contributed by atoms with Crippen LogP contribution in [0.2, 0.25) is 0 Å². The number of carbonyl (C=O) groups excluding carboxylic acids is 1. The maximum absolute atomic E-state index is 13.2. The van der Waals surface area contributed by atoms with Gasteiger partial charge in [0.15, 0.2) is 5.76 Å². The maximum atomic E-state index is 13.2. The van der Waals surface area contributed by atoms with E-state index in [0.717, 1.165) is 28.3 Å². The van der Waals surface area contributed by atoms with Crippen LogP contribution in [0.15, 0.2) is 59.0 Å². The summed E-state index contributed by atoms with van der Waals surface area (Å²) in [6.45, 7) is 4.50. The van der Waals surface area contributed by atoms with E-state index in [0.29, 0.717) is 17.9 Å². The molecule has 0 aliphatic carbocycles. The largest absolute Gasteiger partial charge is 0.433 e. The average molecular weight is 362 g/mol. The van der Waals surface area contributed by atoms with Gasteiger partial charge in [0.25, 0.3) is 5.91 Å². The second-order valence-electron chi connectivity index (χ2n) is 6.62. The van der Waals surface area contributed by atoms with Crippen molar-refractivity contribution in [2.75, 3.05) is 11.4 Å². The number of aryl methyl sites for hydroxylation is 1. The third kappa shape index (κ3) is 3.28. The van der Waals surface area contributed by atoms with Crippen molar-refractivity contribution >= 4 is 33.6 Å². The number of benzene rings is 2. The first kappa shape index (κ1) is 17.2. The maximum Gasteiger partial charge on any atom is 0.294 e. The molecule has 0 saturated heterocycles. The Morgan fingerprint density at radius 2 is 1.85 bits per heavy atom. The van der Waals surface area contributed by atoms with Crippen LogP contribution in [0.4, 0.5) is 10.1 Å². The fourth-order valence-electron chi connectivity index (χ4n) is 3.17. The molecular weight excluding hydrogens is 343 g/mol. The number of aromatic nitrogens is 1. The molecule has 0 bridgehead atoms. The van der Waals surface area contributed by atoms with Crippen molar-refractivity contribution in [2.45, 2.75) is 20.3 Å². The highest BCUT2D eigenvalue weighted by Gasteiger charge is 2.21. The molecule has 0 N–H and O–H groups in total. The fourth-order valence-corrected chi connectivity index (χ4v) is 3.17. The molecule has 0 fully saturated rings. The lowest BCUT2D eigenvalue weighted by Gasteiger charge is -2.21. The first-order valence-corrected chi connectivity index (χ1v) is 8.93. The number of pyridine rings is 1. The third-order valence-corrected chi connectivity index (χ3v) is 4.50. The van der Waals surface area contributed by atoms with E-state index in [4.69, 9.17) is 4.42 Å². The zero-order valence-electron chi connectivity index (χ0n) is 15.2. The minimum absolute atomic E-state index is 0.224. The van der Waals surface area contributed by atoms with Crippen LogP contribution in [0.5, 0.6) is 0 Å². The summed E-state index contributed by atoms with van der Waals surface area (Å²) in [5.74, 6) is -0.374. The predicted octanol–water partition coefficient (Wildman–Crippen LogP) is 5.49. The van der Waals surface area contributed by atoms with Crippen LogP contribution < -0.4 is 4.90 Å². The van der Waals surface area contributed by atoms with Gasteiger partial charge in [-0.15, -0.1) is 0 Å². The van der Waals surface area contributed by atoms with Gasteiger partial charge in [-0.1, -0.05) is 19.1 Å². The Balaban J connectivity index is 1.75. The van der Waals surface area contributed by atoms with Crippen molar-refractivity contribution in [3.63, 3.8) is 0 Å². The summed E-state index contributed by atoms with van der Waals surface area (Å²) in [4.78, 5) is 19.2. The van der Waals surface area contributed by atoms with Gasteiger partial charge in [0.2, 0.25) is 5.71 Å². The van der Waals surface area contributed by atoms with Crippen LogP contribution in [0, 0.1) is 12.7 Å². The molecule has 0 saturated carbocycles. The number of amides is 1. The van der Waals surface area contributed by atoms with E-state index in [1.54, 1.807) is 23.1 Å². The molecule has 136 valence electrons. The predicted molar refractivity (Wildman–Crippen MR) is 105 cm³/mol. The fraction of sp³-hybridized carbons (Fsp3) is 0.182. The molecule has 5 heteroatoms. The Hall–Kier alpha value is -3.21. The minimum atomic E-state index is -0.336. The highest BCUT2D eigenvalue weighted by Crippen LogP contribution is 2.26. The Kier molecular flexibility index (Phi) is 4.36. The number of halogens is 1. The van der Waals surface area contributed by atoms with E-state index >= 15 is 0 Å². The third-order valence-electron chi connectivity index (χ3n) is 4.50. The van der Waals surface area contributed by atoms with Gasteiger partial charge in [0.1, 0.15) is 5.82 Å². The summed E-state index contributed by atoms with van der Waals surface area (Å²) < 4.78 is 19.0. The molecule has 2 aromatic carbocycles. The molecule has 0 aliphatic heterocycles. The van der Waals surface area contributed by atoms with Crippen LogP contribution >= 0.6 is 0 Å². The van der Waals surface area contributed by atoms with Gasteiger partial charge < -0.3 is 9.32 Å². The van der Waals surface area contributed by atoms with Crippen molar-refractivity contribution in [1.82, 2.24) is 4.98 Å². The topological polar surface area (TPSA) is 46.3 Å². The Labute approximate surface area is 156 Å². The van der Waals surface area contributed by atoms with Gasteiger partial charge in [-0.25, -0.2) is 9.37 Å². The average Bonchev–Trinajstić information content (AvgIpc) is 3.07. The molecule has 1 amide bonds. The van der Waals surface area contributed by atoms with Gasteiger partial charge in [0.05, 0.1) is 5.52 Å². The highest BCUT2D eigenvalue weighted by molar-refractivity contribution is 6.06. The standard InChI is InChI=1S/C22H19FN2O2/c1-3-10-25(18-8-6-17(23)7-9-18)22(26)20-13-16-12-15-5-4-14(2)11-19(15)24-21(16)27-20/h4-9,11-13H,3,10H2,1-2H3. The molecule has 0 radical (unpaired) electrons. The Bertz CT molecular complexity index is 1130. The van der Waals surface area contributed by atoms with E-state index in [9.17, 15) is 9.18 Å². The quantitative estimate of drug-likeness (QED) is 0.482. The summed E-state index contributed by atoms with van der Waals surface area (Å²) in [5, 5.41) is 1.78. The summed E-state index contributed by atoms with van der Waals surface area (Å²) >= 11 is 0. The minimum Gasteiger partial charge on any atom is -0.433 e. The van der Waals surface area contributed by atoms with Crippen molar-refractivity contribution < 1.29 is 13.6 Å². The van der Waals surface area contributed by atoms with E-state index in [1.165, 1.54) is 12.1 Å². The Morgan fingerprint density at radius 3 is 2.59 bits per heavy atom. The molecule has 0 aliphatic rings. The number of fused-ring (bicyclic) bond motifs is 2. The second kappa shape index (κ2) is 6.83. The van der Waals surface area contributed by atoms with Crippen molar-refractivity contribution in [3.8, 4) is 0 Å². The van der Waals surface area contributed by atoms with Crippen molar-refractivity contribution in [2.24, 2.45) is 0 Å². The van der Waals surface area contributed by atoms with Crippen LogP contribution in [0.1, 0.15) is 29.5 Å². The lowest BCUT2D eigenvalue weighted by atomic mass is 10.1. The van der Waals surface area contributed by atoms with Crippen molar-refractivity contribution in [3.05, 3.63) is 71.7 Å². The molecule has 0 unspecified atom stereocenters. The van der Waals surface area contributed by atoms with Gasteiger partial charge in [-0.2, -0.15) is 0 Å². The summed E-state index contributed by atoms with van der Waals surface area (Å²) in [6.07, 6.45) is 0.769. The number of furan rings is 1. The molecule has 4 rings (SSSR count). The van der Waals surface area contributed by atoms with E-state index < -0.39 is 0 Å². The molecular formula is C22H19FN2O2. The van der Waals surface area contributed by atoms with Crippen LogP contribution in [0.25, 0.3) is 22.0 Å². The number of hydrogen-bond acceptors (Lipinski definition) is 3. The molecule has 4 aromatic rings. The first-order valence-electron chi connectivity index (χ1n) is 8.93. The van der Waals surface area contributed by atoms with Crippen LogP contribution in [-0.4, -0.2) is 17.4 Å². The molecule has 0 atom stereocenters. The Morgan fingerprint density at radius 1 is 1.07 bits per heavy atom. The van der Waals surface area contributed by atoms with Crippen LogP contribution in [-0.2, 0) is 0 Å². The summed E-state index contributed by atoms with van der Waals surface area (Å²) in [6, 6.07) is 15.6. The number of hydrogen-bond donors (Lipinski definition) is 0. The molecule has 2 aromatic heterocycles. The van der Waals surface area contributed by atoms with Gasteiger partial charge in [-0.05, 0) is 61.4 Å². The number of anilines is 1. The van der Waals surface area contributed by atoms with Crippen molar-refractivity contribution in [1.29, 1.82) is 0 Å². The van der Waals surface area contributed by atoms with E-state index in [1.807, 2.05) is 38.1 Å². The van der Waals surface area contributed by atoms with Gasteiger partial charge >= 0.3 is 0 Å². The molecule has 0 spiro atoms. The number of nitrogens with zero attached hydrogens (tertiary/aromatic N) is 2. The monoisotopic (exact) mass is 362 g/mol. The normalized spacial score (nSPS) is 11.2. The van der Waals surface area contributed by atoms with E-state index in [-0.39, 0.29) is 17.5 Å². The lowest BCUT2D eigenvalue weighted by Crippen LogP contribution is -2.31. The summed E-state index contributed by atoms with van der Waals surface area (Å²) in [5.41, 5.74) is 3.02. The smallest absolute Gasteiger partial charge is 0.294 e.